The van der Waals surface area contributed by atoms with Gasteiger partial charge in [0.25, 0.3) is 5.91 Å². The summed E-state index contributed by atoms with van der Waals surface area (Å²) in [5, 5.41) is 11.2. The summed E-state index contributed by atoms with van der Waals surface area (Å²) in [6, 6.07) is 12.5. The van der Waals surface area contributed by atoms with E-state index >= 15 is 0 Å². The molecule has 1 saturated carbocycles. The second kappa shape index (κ2) is 6.92. The first-order valence-corrected chi connectivity index (χ1v) is 9.09. The van der Waals surface area contributed by atoms with Gasteiger partial charge in [0, 0.05) is 25.7 Å². The Morgan fingerprint density at radius 2 is 2.04 bits per heavy atom. The molecule has 5 nitrogen and oxygen atoms in total. The Morgan fingerprint density at radius 1 is 1.24 bits per heavy atom. The quantitative estimate of drug-likeness (QED) is 0.912. The van der Waals surface area contributed by atoms with Gasteiger partial charge in [0.2, 0.25) is 0 Å². The second-order valence-electron chi connectivity index (χ2n) is 7.39. The second-order valence-corrected chi connectivity index (χ2v) is 7.39. The van der Waals surface area contributed by atoms with Crippen molar-refractivity contribution < 1.29 is 4.79 Å². The maximum Gasteiger partial charge on any atom is 0.272 e. The normalized spacial score (nSPS) is 23.6. The fraction of sp³-hybridized carbons (Fsp3) is 0.450. The van der Waals surface area contributed by atoms with E-state index in [4.69, 9.17) is 0 Å². The van der Waals surface area contributed by atoms with Crippen LogP contribution in [-0.2, 0) is 6.54 Å². The summed E-state index contributed by atoms with van der Waals surface area (Å²) in [6.07, 6.45) is 4.18. The fourth-order valence-electron chi connectivity index (χ4n) is 3.60. The molecule has 0 bridgehead atoms. The number of likely N-dealkylation sites (tertiary alicyclic amines) is 1. The van der Waals surface area contributed by atoms with E-state index in [0.29, 0.717) is 17.5 Å². The van der Waals surface area contributed by atoms with Gasteiger partial charge in [0.15, 0.2) is 5.69 Å². The van der Waals surface area contributed by atoms with Crippen LogP contribution in [0.1, 0.15) is 47.3 Å². The first-order chi connectivity index (χ1) is 12.2. The molecule has 0 spiro atoms. The van der Waals surface area contributed by atoms with Gasteiger partial charge in [-0.3, -0.25) is 9.69 Å². The maximum absolute atomic E-state index is 12.6. The first-order valence-electron chi connectivity index (χ1n) is 9.09. The van der Waals surface area contributed by atoms with Crippen molar-refractivity contribution in [2.45, 2.75) is 38.3 Å². The summed E-state index contributed by atoms with van der Waals surface area (Å²) in [5.74, 6) is 0.898. The topological polar surface area (TPSA) is 58.1 Å². The maximum atomic E-state index is 12.6. The predicted octanol–water partition coefficient (Wildman–Crippen LogP) is 2.60. The lowest BCUT2D eigenvalue weighted by molar-refractivity contribution is 0.0925. The van der Waals surface area contributed by atoms with Crippen LogP contribution in [-0.4, -0.2) is 40.1 Å². The summed E-state index contributed by atoms with van der Waals surface area (Å²) in [4.78, 5) is 15.0. The Balaban J connectivity index is 1.37. The third-order valence-corrected chi connectivity index (χ3v) is 5.21. The Kier molecular flexibility index (Phi) is 4.49. The molecular formula is C20H24N4O. The van der Waals surface area contributed by atoms with Crippen LogP contribution >= 0.6 is 0 Å². The molecule has 2 aromatic rings. The zero-order valence-corrected chi connectivity index (χ0v) is 14.6. The van der Waals surface area contributed by atoms with Gasteiger partial charge < -0.3 is 5.32 Å². The van der Waals surface area contributed by atoms with E-state index in [-0.39, 0.29) is 11.9 Å². The molecule has 2 heterocycles. The number of nitrogens with zero attached hydrogens (tertiary/aromatic N) is 3. The van der Waals surface area contributed by atoms with Crippen molar-refractivity contribution in [1.82, 2.24) is 20.4 Å². The lowest BCUT2D eigenvalue weighted by Gasteiger charge is -2.17. The first kappa shape index (κ1) is 16.2. The minimum absolute atomic E-state index is 0.103. The van der Waals surface area contributed by atoms with Crippen LogP contribution in [0.3, 0.4) is 0 Å². The number of hydrogen-bond donors (Lipinski definition) is 1. The molecule has 2 fully saturated rings. The van der Waals surface area contributed by atoms with Crippen molar-refractivity contribution >= 4 is 5.91 Å². The highest BCUT2D eigenvalue weighted by Gasteiger charge is 2.31. The summed E-state index contributed by atoms with van der Waals surface area (Å²) in [5.41, 5.74) is 2.90. The highest BCUT2D eigenvalue weighted by Crippen LogP contribution is 2.39. The molecule has 1 aliphatic heterocycles. The number of amides is 1. The molecule has 1 aliphatic carbocycles. The molecule has 25 heavy (non-hydrogen) atoms. The highest BCUT2D eigenvalue weighted by molar-refractivity contribution is 5.92. The molecule has 1 N–H and O–H groups in total. The number of carbonyl (C=O) groups is 1. The van der Waals surface area contributed by atoms with Crippen molar-refractivity contribution in [3.8, 4) is 0 Å². The van der Waals surface area contributed by atoms with Crippen molar-refractivity contribution in [1.29, 1.82) is 0 Å². The number of aromatic nitrogens is 2. The standard InChI is InChI=1S/C20H24N4O/c1-14-11-24(12-15-5-3-2-4-6-15)13-19(14)22-20(25)18-9-17(10-21-23-18)16-7-8-16/h2-6,9-10,14,16,19H,7-8,11-13H2,1H3,(H,22,25). The van der Waals surface area contributed by atoms with Gasteiger partial charge in [-0.2, -0.15) is 5.10 Å². The summed E-state index contributed by atoms with van der Waals surface area (Å²) in [6.45, 7) is 4.99. The van der Waals surface area contributed by atoms with E-state index < -0.39 is 0 Å². The van der Waals surface area contributed by atoms with E-state index in [0.717, 1.165) is 25.2 Å². The van der Waals surface area contributed by atoms with Gasteiger partial charge in [-0.1, -0.05) is 37.3 Å². The predicted molar refractivity (Wildman–Crippen MR) is 96.1 cm³/mol. The molecule has 1 aromatic heterocycles. The lowest BCUT2D eigenvalue weighted by atomic mass is 10.1. The Hall–Kier alpha value is -2.27. The molecule has 5 heteroatoms. The fourth-order valence-corrected chi connectivity index (χ4v) is 3.60. The molecule has 1 aromatic carbocycles. The van der Waals surface area contributed by atoms with Gasteiger partial charge in [0.1, 0.15) is 0 Å². The van der Waals surface area contributed by atoms with Crippen molar-refractivity contribution in [3.05, 3.63) is 59.4 Å². The minimum Gasteiger partial charge on any atom is -0.346 e. The molecule has 1 amide bonds. The molecule has 0 radical (unpaired) electrons. The van der Waals surface area contributed by atoms with E-state index in [1.54, 1.807) is 6.20 Å². The van der Waals surface area contributed by atoms with Gasteiger partial charge in [0.05, 0.1) is 6.20 Å². The Labute approximate surface area is 148 Å². The number of rotatable bonds is 5. The Bertz CT molecular complexity index is 744. The summed E-state index contributed by atoms with van der Waals surface area (Å²) in [7, 11) is 0. The largest absolute Gasteiger partial charge is 0.346 e. The number of hydrogen-bond acceptors (Lipinski definition) is 4. The number of carbonyl (C=O) groups excluding carboxylic acids is 1. The van der Waals surface area contributed by atoms with Crippen LogP contribution in [0.25, 0.3) is 0 Å². The van der Waals surface area contributed by atoms with Gasteiger partial charge >= 0.3 is 0 Å². The summed E-state index contributed by atoms with van der Waals surface area (Å²) < 4.78 is 0. The van der Waals surface area contributed by atoms with Crippen LogP contribution in [0.4, 0.5) is 0 Å². The van der Waals surface area contributed by atoms with Gasteiger partial charge in [-0.25, -0.2) is 0 Å². The van der Waals surface area contributed by atoms with Crippen molar-refractivity contribution in [2.24, 2.45) is 5.92 Å². The molecule has 2 aliphatic rings. The van der Waals surface area contributed by atoms with Gasteiger partial charge in [-0.05, 0) is 41.9 Å². The van der Waals surface area contributed by atoms with Crippen LogP contribution in [0.15, 0.2) is 42.6 Å². The molecule has 2 atom stereocenters. The zero-order chi connectivity index (χ0) is 17.2. The molecular weight excluding hydrogens is 312 g/mol. The third kappa shape index (κ3) is 3.87. The van der Waals surface area contributed by atoms with E-state index in [1.807, 2.05) is 12.1 Å². The van der Waals surface area contributed by atoms with Crippen molar-refractivity contribution in [3.63, 3.8) is 0 Å². The van der Waals surface area contributed by atoms with Crippen LogP contribution < -0.4 is 5.32 Å². The SMILES string of the molecule is CC1CN(Cc2ccccc2)CC1NC(=O)c1cc(C2CC2)cnn1. The highest BCUT2D eigenvalue weighted by atomic mass is 16.2. The lowest BCUT2D eigenvalue weighted by Crippen LogP contribution is -2.40. The molecule has 130 valence electrons. The van der Waals surface area contributed by atoms with Crippen LogP contribution in [0.2, 0.25) is 0 Å². The van der Waals surface area contributed by atoms with E-state index in [2.05, 4.69) is 51.6 Å². The van der Waals surface area contributed by atoms with Crippen molar-refractivity contribution in [2.75, 3.05) is 13.1 Å². The van der Waals surface area contributed by atoms with E-state index in [1.165, 1.54) is 18.4 Å². The van der Waals surface area contributed by atoms with E-state index in [9.17, 15) is 4.79 Å². The third-order valence-electron chi connectivity index (χ3n) is 5.21. The molecule has 1 saturated heterocycles. The zero-order valence-electron chi connectivity index (χ0n) is 14.6. The number of benzene rings is 1. The monoisotopic (exact) mass is 336 g/mol. The molecule has 4 rings (SSSR count). The minimum atomic E-state index is -0.103. The smallest absolute Gasteiger partial charge is 0.272 e. The average Bonchev–Trinajstić information content (AvgIpc) is 3.42. The van der Waals surface area contributed by atoms with Crippen LogP contribution in [0, 0.1) is 5.92 Å². The molecule has 2 unspecified atom stereocenters. The van der Waals surface area contributed by atoms with Crippen LogP contribution in [0.5, 0.6) is 0 Å². The van der Waals surface area contributed by atoms with Gasteiger partial charge in [-0.15, -0.1) is 5.10 Å². The Morgan fingerprint density at radius 3 is 2.80 bits per heavy atom. The summed E-state index contributed by atoms with van der Waals surface area (Å²) >= 11 is 0. The average molecular weight is 336 g/mol. The number of nitrogens with one attached hydrogen (secondary N) is 1.